The van der Waals surface area contributed by atoms with Crippen LogP contribution in [-0.4, -0.2) is 24.4 Å². The van der Waals surface area contributed by atoms with Gasteiger partial charge < -0.3 is 14.8 Å². The summed E-state index contributed by atoms with van der Waals surface area (Å²) in [5.41, 5.74) is 0.839. The Morgan fingerprint density at radius 1 is 1.38 bits per heavy atom. The quantitative estimate of drug-likeness (QED) is 0.341. The van der Waals surface area contributed by atoms with Crippen LogP contribution in [0.15, 0.2) is 18.2 Å². The van der Waals surface area contributed by atoms with Crippen LogP contribution in [0.3, 0.4) is 0 Å². The molecule has 0 unspecified atom stereocenters. The molecule has 0 spiro atoms. The predicted molar refractivity (Wildman–Crippen MR) is 94.4 cm³/mol. The summed E-state index contributed by atoms with van der Waals surface area (Å²) >= 11 is 0. The van der Waals surface area contributed by atoms with Crippen molar-refractivity contribution in [2.45, 2.75) is 53.0 Å². The van der Waals surface area contributed by atoms with Gasteiger partial charge in [-0.05, 0) is 43.6 Å². The molecule has 0 bridgehead atoms. The first kappa shape index (κ1) is 18.5. The summed E-state index contributed by atoms with van der Waals surface area (Å²) in [4.78, 5) is 11.0. The highest BCUT2D eigenvalue weighted by Gasteiger charge is 2.32. The molecule has 0 amide bonds. The number of nitrogens with zero attached hydrogens (tertiary/aromatic N) is 1. The average molecular weight is 336 g/mol. The van der Waals surface area contributed by atoms with Crippen LogP contribution in [0.4, 0.5) is 11.4 Å². The Labute approximate surface area is 143 Å². The van der Waals surface area contributed by atoms with Crippen molar-refractivity contribution in [1.29, 1.82) is 0 Å². The minimum absolute atomic E-state index is 0.0785. The highest BCUT2D eigenvalue weighted by molar-refractivity contribution is 5.64. The van der Waals surface area contributed by atoms with E-state index in [-0.39, 0.29) is 28.9 Å². The molecular formula is C18H28N2O4. The van der Waals surface area contributed by atoms with E-state index in [2.05, 4.69) is 26.1 Å². The van der Waals surface area contributed by atoms with Gasteiger partial charge in [-0.25, -0.2) is 0 Å². The Morgan fingerprint density at radius 3 is 2.75 bits per heavy atom. The van der Waals surface area contributed by atoms with Gasteiger partial charge in [0.05, 0.1) is 4.92 Å². The molecule has 1 saturated carbocycles. The van der Waals surface area contributed by atoms with E-state index in [9.17, 15) is 10.1 Å². The van der Waals surface area contributed by atoms with Gasteiger partial charge in [0.15, 0.2) is 6.79 Å². The lowest BCUT2D eigenvalue weighted by Crippen LogP contribution is -2.35. The fourth-order valence-corrected chi connectivity index (χ4v) is 3.75. The first-order valence-corrected chi connectivity index (χ1v) is 8.56. The molecule has 1 aliphatic carbocycles. The molecule has 0 radical (unpaired) electrons. The Hall–Kier alpha value is -1.82. The number of benzene rings is 1. The molecule has 1 aromatic rings. The number of nitrogens with one attached hydrogen (secondary N) is 1. The minimum Gasteiger partial charge on any atom is -0.467 e. The molecule has 0 aromatic heterocycles. The van der Waals surface area contributed by atoms with Gasteiger partial charge in [0.1, 0.15) is 11.4 Å². The Morgan fingerprint density at radius 2 is 2.12 bits per heavy atom. The van der Waals surface area contributed by atoms with E-state index in [1.165, 1.54) is 12.5 Å². The molecule has 2 atom stereocenters. The number of hydrogen-bond acceptors (Lipinski definition) is 5. The van der Waals surface area contributed by atoms with Crippen LogP contribution in [0.2, 0.25) is 0 Å². The normalized spacial score (nSPS) is 22.8. The van der Waals surface area contributed by atoms with Gasteiger partial charge in [0.25, 0.3) is 5.69 Å². The maximum absolute atomic E-state index is 11.3. The van der Waals surface area contributed by atoms with Gasteiger partial charge in [0.2, 0.25) is 0 Å². The average Bonchev–Trinajstić information content (AvgIpc) is 2.45. The van der Waals surface area contributed by atoms with Crippen molar-refractivity contribution >= 4 is 11.4 Å². The second kappa shape index (κ2) is 7.83. The maximum atomic E-state index is 11.3. The predicted octanol–water partition coefficient (Wildman–Crippen LogP) is 4.59. The molecule has 1 fully saturated rings. The van der Waals surface area contributed by atoms with E-state index >= 15 is 0 Å². The van der Waals surface area contributed by atoms with Crippen molar-refractivity contribution in [2.24, 2.45) is 11.3 Å². The van der Waals surface area contributed by atoms with Crippen molar-refractivity contribution in [2.75, 3.05) is 18.7 Å². The number of nitro benzene ring substituents is 1. The lowest BCUT2D eigenvalue weighted by Gasteiger charge is -2.39. The fourth-order valence-electron chi connectivity index (χ4n) is 3.75. The molecule has 6 nitrogen and oxygen atoms in total. The molecular weight excluding hydrogens is 308 g/mol. The van der Waals surface area contributed by atoms with Crippen molar-refractivity contribution in [3.8, 4) is 5.75 Å². The SMILES string of the molecule is CCOCOc1ccc([N+](=O)[O-])c(N[C@@H]2C[C@H](C)CC(C)(C)C2)c1. The topological polar surface area (TPSA) is 73.6 Å². The van der Waals surface area contributed by atoms with E-state index in [1.807, 2.05) is 6.92 Å². The van der Waals surface area contributed by atoms with E-state index in [4.69, 9.17) is 9.47 Å². The van der Waals surface area contributed by atoms with Crippen LogP contribution in [-0.2, 0) is 4.74 Å². The van der Waals surface area contributed by atoms with Crippen LogP contribution in [0.1, 0.15) is 47.0 Å². The zero-order chi connectivity index (χ0) is 17.7. The molecule has 1 aliphatic rings. The number of anilines is 1. The minimum atomic E-state index is -0.355. The van der Waals surface area contributed by atoms with E-state index in [1.54, 1.807) is 12.1 Å². The summed E-state index contributed by atoms with van der Waals surface area (Å²) in [6, 6.07) is 5.02. The summed E-state index contributed by atoms with van der Waals surface area (Å²) in [5, 5.41) is 14.7. The van der Waals surface area contributed by atoms with Crippen LogP contribution < -0.4 is 10.1 Å². The maximum Gasteiger partial charge on any atom is 0.292 e. The first-order valence-electron chi connectivity index (χ1n) is 8.56. The van der Waals surface area contributed by atoms with Crippen molar-refractivity contribution in [3.63, 3.8) is 0 Å². The summed E-state index contributed by atoms with van der Waals surface area (Å²) in [6.07, 6.45) is 3.20. The van der Waals surface area contributed by atoms with Crippen LogP contribution >= 0.6 is 0 Å². The first-order chi connectivity index (χ1) is 11.3. The van der Waals surface area contributed by atoms with E-state index < -0.39 is 0 Å². The highest BCUT2D eigenvalue weighted by atomic mass is 16.7. The zero-order valence-corrected chi connectivity index (χ0v) is 15.0. The Balaban J connectivity index is 2.16. The fraction of sp³-hybridized carbons (Fsp3) is 0.667. The van der Waals surface area contributed by atoms with Crippen LogP contribution in [0.25, 0.3) is 0 Å². The summed E-state index contributed by atoms with van der Waals surface area (Å²) in [7, 11) is 0. The summed E-state index contributed by atoms with van der Waals surface area (Å²) in [5.74, 6) is 1.17. The second-order valence-electron chi connectivity index (χ2n) is 7.45. The number of ether oxygens (including phenoxy) is 2. The van der Waals surface area contributed by atoms with Crippen LogP contribution in [0.5, 0.6) is 5.75 Å². The largest absolute Gasteiger partial charge is 0.467 e. The monoisotopic (exact) mass is 336 g/mol. The molecule has 1 N–H and O–H groups in total. The van der Waals surface area contributed by atoms with Gasteiger partial charge in [-0.1, -0.05) is 20.8 Å². The van der Waals surface area contributed by atoms with Gasteiger partial charge >= 0.3 is 0 Å². The molecule has 6 heteroatoms. The molecule has 134 valence electrons. The van der Waals surface area contributed by atoms with Crippen LogP contribution in [0, 0.1) is 21.4 Å². The molecule has 0 aliphatic heterocycles. The van der Waals surface area contributed by atoms with Gasteiger partial charge in [-0.2, -0.15) is 0 Å². The molecule has 24 heavy (non-hydrogen) atoms. The zero-order valence-electron chi connectivity index (χ0n) is 15.0. The third-order valence-corrected chi connectivity index (χ3v) is 4.42. The van der Waals surface area contributed by atoms with Crippen molar-refractivity contribution in [1.82, 2.24) is 0 Å². The second-order valence-corrected chi connectivity index (χ2v) is 7.45. The molecule has 0 saturated heterocycles. The lowest BCUT2D eigenvalue weighted by atomic mass is 9.70. The smallest absolute Gasteiger partial charge is 0.292 e. The number of nitro groups is 1. The van der Waals surface area contributed by atoms with Gasteiger partial charge in [0, 0.05) is 24.8 Å². The van der Waals surface area contributed by atoms with Crippen molar-refractivity contribution in [3.05, 3.63) is 28.3 Å². The summed E-state index contributed by atoms with van der Waals surface area (Å²) < 4.78 is 10.7. The number of rotatable bonds is 7. The third-order valence-electron chi connectivity index (χ3n) is 4.42. The number of hydrogen-bond donors (Lipinski definition) is 1. The Kier molecular flexibility index (Phi) is 6.04. The summed E-state index contributed by atoms with van der Waals surface area (Å²) in [6.45, 7) is 9.35. The van der Waals surface area contributed by atoms with Crippen molar-refractivity contribution < 1.29 is 14.4 Å². The lowest BCUT2D eigenvalue weighted by molar-refractivity contribution is -0.384. The van der Waals surface area contributed by atoms with E-state index in [0.29, 0.717) is 24.0 Å². The standard InChI is InChI=1S/C18H28N2O4/c1-5-23-12-24-15-6-7-17(20(21)22)16(9-15)19-14-8-13(2)10-18(3,4)11-14/h6-7,9,13-14,19H,5,8,10-12H2,1-4H3/t13-,14+/m0/s1. The van der Waals surface area contributed by atoms with Gasteiger partial charge in [-0.15, -0.1) is 0 Å². The third kappa shape index (κ3) is 5.09. The Bertz CT molecular complexity index is 574. The van der Waals surface area contributed by atoms with Gasteiger partial charge in [-0.3, -0.25) is 10.1 Å². The molecule has 0 heterocycles. The molecule has 1 aromatic carbocycles. The highest BCUT2D eigenvalue weighted by Crippen LogP contribution is 2.40. The van der Waals surface area contributed by atoms with E-state index in [0.717, 1.165) is 12.8 Å². The molecule has 2 rings (SSSR count).